The van der Waals surface area contributed by atoms with Crippen molar-refractivity contribution in [3.8, 4) is 0 Å². The van der Waals surface area contributed by atoms with Crippen LogP contribution >= 0.6 is 19.4 Å². The molecule has 4 N–H and O–H groups in total. The van der Waals surface area contributed by atoms with Crippen LogP contribution in [0.25, 0.3) is 0 Å². The number of fused-ring (bicyclic) bond motifs is 10. The molecule has 0 aromatic rings. The zero-order valence-electron chi connectivity index (χ0n) is 30.6. The minimum absolute atomic E-state index is 0.0299. The molecule has 49 heavy (non-hydrogen) atoms. The molecule has 8 aliphatic rings. The third-order valence-corrected chi connectivity index (χ3v) is 16.1. The molecule has 2 amide bonds. The number of rotatable bonds is 2. The summed E-state index contributed by atoms with van der Waals surface area (Å²) < 4.78 is 9.28. The molecular formula is C39H56IN3O5W-. The third-order valence-electron chi connectivity index (χ3n) is 16.1. The van der Waals surface area contributed by atoms with Gasteiger partial charge in [-0.15, -0.1) is 0 Å². The Morgan fingerprint density at radius 1 is 0.776 bits per heavy atom. The number of halogens is 1. The molecule has 10 heteroatoms. The van der Waals surface area contributed by atoms with Gasteiger partial charge in [0.05, 0.1) is 5.92 Å². The molecule has 0 saturated heterocycles. The van der Waals surface area contributed by atoms with Crippen molar-refractivity contribution >= 4 is 42.9 Å². The molecule has 0 unspecified atom stereocenters. The third kappa shape index (κ3) is 6.18. The molecule has 0 aromatic carbocycles. The molecule has 2 heterocycles. The van der Waals surface area contributed by atoms with Gasteiger partial charge in [0, 0.05) is 22.9 Å². The van der Waals surface area contributed by atoms with Crippen LogP contribution in [0.4, 0.5) is 0 Å². The maximum absolute atomic E-state index is 12.0. The Kier molecular flexibility index (Phi) is 10.2. The number of amides is 2. The number of aliphatic carboxylic acids is 1. The SMILES string of the molecule is C[C@]12C=CC(=O)N[C@@H]1CC[C@@H]1[C@@H]2CC[C@]2(C)[C@@H](C(=O)O)CC[C@@H]12.[3H][N]=[W][I].[CH2-]C(=O)[C@H]1CC[C@H]2[C@@H]3CC[C@H]4NC(=O)C=C[C@]4(C)[C@H]3CC[C@]12C. The Morgan fingerprint density at radius 3 is 1.61 bits per heavy atom. The van der Waals surface area contributed by atoms with Crippen LogP contribution in [0.1, 0.15) is 105 Å². The van der Waals surface area contributed by atoms with E-state index < -0.39 is 20.7 Å². The van der Waals surface area contributed by atoms with Gasteiger partial charge in [0.2, 0.25) is 11.8 Å². The first-order valence-corrected chi connectivity index (χ1v) is 28.3. The zero-order chi connectivity index (χ0) is 36.2. The predicted molar refractivity (Wildman–Crippen MR) is 193 cm³/mol. The van der Waals surface area contributed by atoms with Crippen molar-refractivity contribution in [1.29, 1.82) is 3.91 Å². The Bertz CT molecular complexity index is 1370. The van der Waals surface area contributed by atoms with Crippen molar-refractivity contribution in [3.63, 3.8) is 0 Å². The molecule has 14 atom stereocenters. The number of nitrogens with one attached hydrogen (secondary N) is 3. The van der Waals surface area contributed by atoms with Gasteiger partial charge in [-0.3, -0.25) is 14.4 Å². The van der Waals surface area contributed by atoms with Crippen molar-refractivity contribution in [2.45, 2.75) is 117 Å². The largest absolute Gasteiger partial charge is 0.349 e. The zero-order valence-corrected chi connectivity index (χ0v) is 34.7. The van der Waals surface area contributed by atoms with Crippen LogP contribution in [0.3, 0.4) is 0 Å². The second-order valence-corrected chi connectivity index (χ2v) is 21.4. The Labute approximate surface area is 313 Å². The van der Waals surface area contributed by atoms with Gasteiger partial charge in [0.15, 0.2) is 0 Å². The van der Waals surface area contributed by atoms with E-state index in [9.17, 15) is 24.3 Å². The number of ketones is 1. The van der Waals surface area contributed by atoms with Crippen molar-refractivity contribution in [1.82, 2.24) is 10.6 Å². The van der Waals surface area contributed by atoms with Crippen LogP contribution in [-0.2, 0) is 33.9 Å². The molecule has 271 valence electrons. The Balaban J connectivity index is 0.000000156. The van der Waals surface area contributed by atoms with E-state index in [2.05, 4.69) is 80.7 Å². The van der Waals surface area contributed by atoms with Crippen LogP contribution in [0.2, 0.25) is 1.41 Å². The van der Waals surface area contributed by atoms with Crippen LogP contribution in [0.5, 0.6) is 0 Å². The summed E-state index contributed by atoms with van der Waals surface area (Å²) in [4.78, 5) is 47.2. The van der Waals surface area contributed by atoms with E-state index >= 15 is 0 Å². The van der Waals surface area contributed by atoms with Crippen molar-refractivity contribution in [3.05, 3.63) is 31.2 Å². The number of Topliss-reactive ketones (excluding diaryl/α,β-unsaturated/α-hetero) is 1. The minimum Gasteiger partial charge on any atom is -0.349 e. The molecule has 8 nitrogen and oxygen atoms in total. The molecular weight excluding hydrogens is 901 g/mol. The number of carbonyl (C=O) groups is 4. The van der Waals surface area contributed by atoms with E-state index in [1.807, 2.05) is 0 Å². The monoisotopic (exact) mass is 959 g/mol. The van der Waals surface area contributed by atoms with Crippen LogP contribution in [-0.4, -0.2) is 40.8 Å². The van der Waals surface area contributed by atoms with Gasteiger partial charge >= 0.3 is 45.3 Å². The van der Waals surface area contributed by atoms with Crippen LogP contribution < -0.4 is 10.6 Å². The van der Waals surface area contributed by atoms with Gasteiger partial charge in [-0.1, -0.05) is 39.8 Å². The summed E-state index contributed by atoms with van der Waals surface area (Å²) in [5, 5.41) is 16.0. The number of carboxylic acids is 1. The second-order valence-electron chi connectivity index (χ2n) is 17.7. The molecule has 6 fully saturated rings. The summed E-state index contributed by atoms with van der Waals surface area (Å²) in [6, 6.07) is 0.541. The van der Waals surface area contributed by atoms with Gasteiger partial charge in [-0.2, -0.15) is 0 Å². The minimum atomic E-state index is -0.599. The van der Waals surface area contributed by atoms with E-state index in [4.69, 9.17) is 1.41 Å². The molecule has 0 spiro atoms. The van der Waals surface area contributed by atoms with Crippen molar-refractivity contribution < 1.29 is 40.4 Å². The van der Waals surface area contributed by atoms with E-state index in [1.54, 1.807) is 12.2 Å². The van der Waals surface area contributed by atoms with Gasteiger partial charge in [0.25, 0.3) is 0 Å². The Morgan fingerprint density at radius 2 is 1.20 bits per heavy atom. The summed E-state index contributed by atoms with van der Waals surface area (Å²) in [7, 11) is 0. The van der Waals surface area contributed by atoms with Gasteiger partial charge in [0.1, 0.15) is 0 Å². The number of hydrogen-bond donors (Lipinski definition) is 4. The van der Waals surface area contributed by atoms with Crippen molar-refractivity contribution in [2.24, 2.45) is 69.0 Å². The average Bonchev–Trinajstić information content (AvgIpc) is 3.63. The topological polar surface area (TPSA) is 136 Å². The number of hydrogen-bond acceptors (Lipinski definition) is 5. The molecule has 0 radical (unpaired) electrons. The number of carboxylic acid groups (broad SMARTS) is 1. The summed E-state index contributed by atoms with van der Waals surface area (Å²) in [5.74, 6) is 3.36. The summed E-state index contributed by atoms with van der Waals surface area (Å²) >= 11 is 1.67. The van der Waals surface area contributed by atoms with E-state index in [1.165, 1.54) is 19.3 Å². The second kappa shape index (κ2) is 13.9. The first-order chi connectivity index (χ1) is 23.6. The molecule has 2 aliphatic heterocycles. The van der Waals surface area contributed by atoms with Crippen molar-refractivity contribution in [2.75, 3.05) is 0 Å². The van der Waals surface area contributed by atoms with Gasteiger partial charge in [-0.25, -0.2) is 0 Å². The smallest absolute Gasteiger partial charge is 0.243 e. The average molecular weight is 960 g/mol. The first-order valence-electron chi connectivity index (χ1n) is 19.1. The fourth-order valence-electron chi connectivity index (χ4n) is 13.6. The maximum Gasteiger partial charge on any atom is 0.243 e. The van der Waals surface area contributed by atoms with Gasteiger partial charge < -0.3 is 27.5 Å². The van der Waals surface area contributed by atoms with E-state index in [0.717, 1.165) is 57.8 Å². The van der Waals surface area contributed by atoms with E-state index in [0.29, 0.717) is 35.5 Å². The number of carbonyl (C=O) groups excluding carboxylic acids is 3. The van der Waals surface area contributed by atoms with Gasteiger partial charge in [-0.05, 0) is 147 Å². The Hall–Kier alpha value is -1.35. The van der Waals surface area contributed by atoms with Crippen LogP contribution in [0.15, 0.2) is 24.3 Å². The fourth-order valence-corrected chi connectivity index (χ4v) is 13.6. The molecule has 0 aromatic heterocycles. The first kappa shape index (κ1) is 36.0. The quantitative estimate of drug-likeness (QED) is 0.168. The summed E-state index contributed by atoms with van der Waals surface area (Å²) in [5.41, 5.74) is 0.257. The van der Waals surface area contributed by atoms with Crippen LogP contribution in [0, 0.1) is 79.8 Å². The standard InChI is InChI=1S/C20H28NO2.C19H27NO3.HI.HN.W/c1-12(22)14-5-6-15-13-4-7-17-20(3,11-9-18(23)21-17)16(13)8-10-19(14,15)2;1-18-9-7-13-11(12(18)4-5-14(18)17(22)23)3-6-15-19(13,2)10-8-16(21)20-15;;;/h9,11,13-17H,1,4-8,10H2,2-3H3,(H,21,23);8,10-15H,3-7,9H2,1-2H3,(H,20,21)(H,22,23);2*1H;/q-1;;;;+1/p-1/t13-,14+,15-,16-,17+,19+,20+;11-,12-,13-,14+,15+,18-,19+;;;/m00.../s1/i;;;1T;. The maximum atomic E-state index is 12.0. The molecule has 8 rings (SSSR count). The molecule has 0 bridgehead atoms. The molecule has 6 aliphatic carbocycles. The normalized spacial score (nSPS) is 49.0. The van der Waals surface area contributed by atoms with E-state index in [-0.39, 0.29) is 63.2 Å². The summed E-state index contributed by atoms with van der Waals surface area (Å²) in [6.45, 7) is 13.0. The summed E-state index contributed by atoms with van der Waals surface area (Å²) in [6.07, 6.45) is 20.7. The molecule has 6 saturated carbocycles. The fraction of sp³-hybridized carbons (Fsp3) is 0.769. The predicted octanol–water partition coefficient (Wildman–Crippen LogP) is 7.47.